The third-order valence-electron chi connectivity index (χ3n) is 5.72. The maximum atomic E-state index is 12.5. The molecule has 2 amide bonds. The minimum Gasteiger partial charge on any atom is -0.431 e. The lowest BCUT2D eigenvalue weighted by molar-refractivity contribution is 0.252. The highest BCUT2D eigenvalue weighted by molar-refractivity contribution is 7.99. The van der Waals surface area contributed by atoms with Gasteiger partial charge < -0.3 is 15.1 Å². The molecule has 0 fully saturated rings. The fraction of sp³-hybridized carbons (Fsp3) is 0.481. The molecule has 3 aromatic rings. The number of nitrogens with one attached hydrogen (secondary N) is 2. The van der Waals surface area contributed by atoms with E-state index in [4.69, 9.17) is 4.42 Å². The second-order valence-corrected chi connectivity index (χ2v) is 10.1. The first-order chi connectivity index (χ1) is 16.0. The van der Waals surface area contributed by atoms with Crippen LogP contribution in [-0.4, -0.2) is 23.3 Å². The lowest BCUT2D eigenvalue weighted by Gasteiger charge is -2.20. The van der Waals surface area contributed by atoms with Gasteiger partial charge in [-0.2, -0.15) is 0 Å². The first kappa shape index (κ1) is 25.2. The van der Waals surface area contributed by atoms with Crippen LogP contribution in [-0.2, 0) is 0 Å². The van der Waals surface area contributed by atoms with Gasteiger partial charge >= 0.3 is 6.03 Å². The number of hydrogen-bond donors (Lipinski definition) is 2. The van der Waals surface area contributed by atoms with Crippen molar-refractivity contribution in [3.05, 3.63) is 53.6 Å². The quantitative estimate of drug-likeness (QED) is 0.209. The lowest BCUT2D eigenvalue weighted by Crippen LogP contribution is -2.30. The van der Waals surface area contributed by atoms with Gasteiger partial charge in [0.15, 0.2) is 5.58 Å². The van der Waals surface area contributed by atoms with Crippen LogP contribution in [0, 0.1) is 0 Å². The van der Waals surface area contributed by atoms with Crippen molar-refractivity contribution in [1.82, 2.24) is 10.3 Å². The van der Waals surface area contributed by atoms with Crippen molar-refractivity contribution in [2.24, 2.45) is 0 Å². The monoisotopic (exact) mass is 467 g/mol. The number of hydrogen-bond acceptors (Lipinski definition) is 4. The summed E-state index contributed by atoms with van der Waals surface area (Å²) >= 11 is 1.68. The Labute approximate surface area is 202 Å². The zero-order valence-corrected chi connectivity index (χ0v) is 21.1. The molecule has 5 nitrogen and oxygen atoms in total. The van der Waals surface area contributed by atoms with E-state index in [9.17, 15) is 4.79 Å². The summed E-state index contributed by atoms with van der Waals surface area (Å²) in [4.78, 5) is 17.0. The molecule has 0 spiro atoms. The molecule has 33 heavy (non-hydrogen) atoms. The van der Waals surface area contributed by atoms with Crippen LogP contribution in [0.5, 0.6) is 0 Å². The van der Waals surface area contributed by atoms with Crippen LogP contribution in [0.1, 0.15) is 82.8 Å². The Morgan fingerprint density at radius 1 is 0.909 bits per heavy atom. The van der Waals surface area contributed by atoms with Gasteiger partial charge in [-0.1, -0.05) is 89.1 Å². The Bertz CT molecular complexity index is 970. The highest BCUT2D eigenvalue weighted by Crippen LogP contribution is 2.32. The second kappa shape index (κ2) is 12.7. The normalized spacial score (nSPS) is 11.5. The highest BCUT2D eigenvalue weighted by atomic mass is 32.2. The van der Waals surface area contributed by atoms with Crippen molar-refractivity contribution < 1.29 is 9.21 Å². The summed E-state index contributed by atoms with van der Waals surface area (Å²) < 4.78 is 5.74. The average molecular weight is 468 g/mol. The summed E-state index contributed by atoms with van der Waals surface area (Å²) in [5.74, 6) is 1.74. The number of fused-ring (bicyclic) bond motifs is 1. The number of amides is 2. The van der Waals surface area contributed by atoms with Crippen molar-refractivity contribution in [3.63, 3.8) is 0 Å². The van der Waals surface area contributed by atoms with E-state index in [1.165, 1.54) is 24.0 Å². The van der Waals surface area contributed by atoms with Gasteiger partial charge in [0.05, 0.1) is 0 Å². The van der Waals surface area contributed by atoms with E-state index < -0.39 is 0 Å². The molecule has 0 aliphatic rings. The van der Waals surface area contributed by atoms with Crippen molar-refractivity contribution >= 4 is 34.6 Å². The van der Waals surface area contributed by atoms with Crippen molar-refractivity contribution in [1.29, 1.82) is 0 Å². The summed E-state index contributed by atoms with van der Waals surface area (Å²) in [5.41, 5.74) is 5.12. The molecule has 0 unspecified atom stereocenters. The van der Waals surface area contributed by atoms with Gasteiger partial charge in [-0.05, 0) is 47.9 Å². The van der Waals surface area contributed by atoms with Crippen LogP contribution in [0.3, 0.4) is 0 Å². The van der Waals surface area contributed by atoms with Gasteiger partial charge in [0.1, 0.15) is 5.52 Å². The lowest BCUT2D eigenvalue weighted by atomic mass is 9.93. The van der Waals surface area contributed by atoms with Gasteiger partial charge in [-0.3, -0.25) is 0 Å². The number of unbranched alkanes of at least 4 members (excludes halogenated alkanes) is 4. The van der Waals surface area contributed by atoms with E-state index in [2.05, 4.69) is 61.5 Å². The van der Waals surface area contributed by atoms with Crippen LogP contribution in [0.15, 0.2) is 52.1 Å². The number of thioether (sulfide) groups is 1. The van der Waals surface area contributed by atoms with Crippen molar-refractivity contribution in [2.45, 2.75) is 76.9 Å². The van der Waals surface area contributed by atoms with E-state index in [1.807, 2.05) is 24.3 Å². The Kier molecular flexibility index (Phi) is 9.67. The number of para-hydroxylation sites is 3. The van der Waals surface area contributed by atoms with Gasteiger partial charge in [0.2, 0.25) is 0 Å². The summed E-state index contributed by atoms with van der Waals surface area (Å²) in [5, 5.41) is 6.90. The number of urea groups is 1. The van der Waals surface area contributed by atoms with Gasteiger partial charge in [0, 0.05) is 18.0 Å². The summed E-state index contributed by atoms with van der Waals surface area (Å²) in [6.45, 7) is 9.34. The Morgan fingerprint density at radius 3 is 2.27 bits per heavy atom. The zero-order chi connectivity index (χ0) is 23.6. The Morgan fingerprint density at radius 2 is 1.58 bits per heavy atom. The van der Waals surface area contributed by atoms with E-state index in [-0.39, 0.29) is 6.03 Å². The fourth-order valence-electron chi connectivity index (χ4n) is 3.88. The molecule has 1 aromatic heterocycles. The van der Waals surface area contributed by atoms with Gasteiger partial charge in [-0.15, -0.1) is 0 Å². The van der Waals surface area contributed by atoms with Gasteiger partial charge in [0.25, 0.3) is 5.22 Å². The van der Waals surface area contributed by atoms with Crippen LogP contribution in [0.4, 0.5) is 10.5 Å². The predicted octanol–water partition coefficient (Wildman–Crippen LogP) is 7.94. The molecule has 0 radical (unpaired) electrons. The zero-order valence-electron chi connectivity index (χ0n) is 20.3. The fourth-order valence-corrected chi connectivity index (χ4v) is 4.72. The number of benzene rings is 2. The Balaban J connectivity index is 1.29. The van der Waals surface area contributed by atoms with Crippen LogP contribution in [0.25, 0.3) is 11.1 Å². The second-order valence-electron chi connectivity index (χ2n) is 9.07. The summed E-state index contributed by atoms with van der Waals surface area (Å²) in [7, 11) is 0. The van der Waals surface area contributed by atoms with E-state index in [1.54, 1.807) is 11.8 Å². The average Bonchev–Trinajstić information content (AvgIpc) is 3.20. The predicted molar refractivity (Wildman–Crippen MR) is 139 cm³/mol. The number of carbonyl (C=O) groups is 1. The Hall–Kier alpha value is -2.47. The number of aromatic nitrogens is 1. The molecule has 1 heterocycles. The molecule has 0 aliphatic heterocycles. The summed E-state index contributed by atoms with van der Waals surface area (Å²) in [6, 6.07) is 14.1. The summed E-state index contributed by atoms with van der Waals surface area (Å²) in [6.07, 6.45) is 5.60. The molecule has 0 saturated heterocycles. The highest BCUT2D eigenvalue weighted by Gasteiger charge is 2.15. The van der Waals surface area contributed by atoms with E-state index >= 15 is 0 Å². The number of anilines is 1. The van der Waals surface area contributed by atoms with Crippen molar-refractivity contribution in [3.8, 4) is 0 Å². The van der Waals surface area contributed by atoms with Crippen LogP contribution in [0.2, 0.25) is 0 Å². The third kappa shape index (κ3) is 7.53. The smallest absolute Gasteiger partial charge is 0.319 e. The molecule has 0 saturated carbocycles. The third-order valence-corrected chi connectivity index (χ3v) is 6.63. The topological polar surface area (TPSA) is 67.2 Å². The molecule has 0 aliphatic carbocycles. The molecule has 0 bridgehead atoms. The maximum absolute atomic E-state index is 12.5. The van der Waals surface area contributed by atoms with Crippen LogP contribution < -0.4 is 10.6 Å². The van der Waals surface area contributed by atoms with Gasteiger partial charge in [-0.25, -0.2) is 9.78 Å². The number of oxazole rings is 1. The van der Waals surface area contributed by atoms with Crippen LogP contribution >= 0.6 is 11.8 Å². The molecule has 2 aromatic carbocycles. The number of nitrogens with zero attached hydrogens (tertiary/aromatic N) is 1. The van der Waals surface area contributed by atoms with E-state index in [0.29, 0.717) is 18.4 Å². The first-order valence-electron chi connectivity index (χ1n) is 12.1. The number of carbonyl (C=O) groups excluding carboxylic acids is 1. The standard InChI is InChI=1S/C27H37N3O2S/c1-19(2)21-13-12-14-22(20(3)4)25(21)30-26(31)28-17-10-6-5-7-11-18-33-27-29-23-15-8-9-16-24(23)32-27/h8-9,12-16,19-20H,5-7,10-11,17-18H2,1-4H3,(H2,28,30,31). The van der Waals surface area contributed by atoms with E-state index in [0.717, 1.165) is 47.0 Å². The molecular weight excluding hydrogens is 430 g/mol. The molecule has 3 rings (SSSR count). The largest absolute Gasteiger partial charge is 0.431 e. The first-order valence-corrected chi connectivity index (χ1v) is 13.1. The maximum Gasteiger partial charge on any atom is 0.319 e. The molecule has 6 heteroatoms. The molecule has 2 N–H and O–H groups in total. The molecule has 0 atom stereocenters. The SMILES string of the molecule is CC(C)c1cccc(C(C)C)c1NC(=O)NCCCCCCCSc1nc2ccccc2o1. The molecular formula is C27H37N3O2S. The molecule has 178 valence electrons. The number of rotatable bonds is 12. The minimum absolute atomic E-state index is 0.111. The minimum atomic E-state index is -0.111. The van der Waals surface area contributed by atoms with Crippen molar-refractivity contribution in [2.75, 3.05) is 17.6 Å².